The molecular formula is C20H20FN3O2. The molecule has 3 aromatic rings. The fraction of sp³-hybridized carbons (Fsp3) is 0.300. The molecule has 1 aliphatic rings. The van der Waals surface area contributed by atoms with Gasteiger partial charge in [-0.3, -0.25) is 4.79 Å². The molecule has 5 nitrogen and oxygen atoms in total. The minimum absolute atomic E-state index is 0.177. The Balaban J connectivity index is 1.43. The topological polar surface area (TPSA) is 58.4 Å². The fourth-order valence-electron chi connectivity index (χ4n) is 3.26. The number of carbonyl (C=O) groups excluding carboxylic acids is 1. The van der Waals surface area contributed by atoms with Crippen LogP contribution < -0.4 is 10.2 Å². The third kappa shape index (κ3) is 3.54. The summed E-state index contributed by atoms with van der Waals surface area (Å²) in [6.45, 7) is 2.43. The van der Waals surface area contributed by atoms with E-state index < -0.39 is 0 Å². The Morgan fingerprint density at radius 3 is 2.85 bits per heavy atom. The van der Waals surface area contributed by atoms with E-state index in [1.807, 2.05) is 12.1 Å². The molecule has 2 aromatic heterocycles. The Labute approximate surface area is 150 Å². The highest BCUT2D eigenvalue weighted by atomic mass is 19.1. The lowest BCUT2D eigenvalue weighted by Crippen LogP contribution is -2.30. The summed E-state index contributed by atoms with van der Waals surface area (Å²) in [4.78, 5) is 19.1. The van der Waals surface area contributed by atoms with Crippen LogP contribution in [0, 0.1) is 5.82 Å². The van der Waals surface area contributed by atoms with Crippen LogP contribution in [0.5, 0.6) is 0 Å². The van der Waals surface area contributed by atoms with E-state index in [1.165, 1.54) is 37.5 Å². The second-order valence-corrected chi connectivity index (χ2v) is 6.55. The van der Waals surface area contributed by atoms with Crippen LogP contribution in [0.3, 0.4) is 0 Å². The maximum atomic E-state index is 13.3. The van der Waals surface area contributed by atoms with Crippen LogP contribution in [0.4, 0.5) is 10.2 Å². The first-order chi connectivity index (χ1) is 12.7. The number of anilines is 1. The number of carbonyl (C=O) groups is 1. The number of halogens is 1. The number of piperidine rings is 1. The fourth-order valence-corrected chi connectivity index (χ4v) is 3.26. The van der Waals surface area contributed by atoms with E-state index in [0.29, 0.717) is 17.5 Å². The molecule has 1 saturated heterocycles. The highest BCUT2D eigenvalue weighted by Crippen LogP contribution is 2.21. The lowest BCUT2D eigenvalue weighted by Gasteiger charge is -2.27. The summed E-state index contributed by atoms with van der Waals surface area (Å²) in [5.74, 6) is 0.455. The maximum Gasteiger partial charge on any atom is 0.287 e. The number of benzene rings is 1. The zero-order valence-electron chi connectivity index (χ0n) is 14.4. The van der Waals surface area contributed by atoms with Gasteiger partial charge in [-0.1, -0.05) is 0 Å². The number of rotatable bonds is 4. The number of hydrogen-bond donors (Lipinski definition) is 1. The van der Waals surface area contributed by atoms with Gasteiger partial charge in [-0.2, -0.15) is 0 Å². The lowest BCUT2D eigenvalue weighted by molar-refractivity contribution is 0.0925. The highest BCUT2D eigenvalue weighted by molar-refractivity contribution is 5.96. The van der Waals surface area contributed by atoms with E-state index in [0.717, 1.165) is 24.5 Å². The number of pyridine rings is 1. The van der Waals surface area contributed by atoms with Gasteiger partial charge >= 0.3 is 0 Å². The summed E-state index contributed by atoms with van der Waals surface area (Å²) in [5, 5.41) is 3.42. The second kappa shape index (κ2) is 7.15. The number of fused-ring (bicyclic) bond motifs is 1. The van der Waals surface area contributed by atoms with Crippen LogP contribution in [0.25, 0.3) is 11.0 Å². The smallest absolute Gasteiger partial charge is 0.287 e. The Bertz CT molecular complexity index is 932. The molecule has 0 spiro atoms. The van der Waals surface area contributed by atoms with Gasteiger partial charge in [-0.15, -0.1) is 0 Å². The van der Waals surface area contributed by atoms with E-state index in [4.69, 9.17) is 4.42 Å². The Hall–Kier alpha value is -2.89. The molecule has 26 heavy (non-hydrogen) atoms. The van der Waals surface area contributed by atoms with Gasteiger partial charge in [0.2, 0.25) is 0 Å². The van der Waals surface area contributed by atoms with Crippen molar-refractivity contribution in [1.82, 2.24) is 10.3 Å². The zero-order chi connectivity index (χ0) is 17.9. The van der Waals surface area contributed by atoms with E-state index >= 15 is 0 Å². The van der Waals surface area contributed by atoms with Gasteiger partial charge in [0.05, 0.1) is 0 Å². The monoisotopic (exact) mass is 353 g/mol. The van der Waals surface area contributed by atoms with Crippen molar-refractivity contribution < 1.29 is 13.6 Å². The first-order valence-electron chi connectivity index (χ1n) is 8.86. The summed E-state index contributed by atoms with van der Waals surface area (Å²) >= 11 is 0. The largest absolute Gasteiger partial charge is 0.451 e. The number of amides is 1. The van der Waals surface area contributed by atoms with Crippen molar-refractivity contribution in [2.75, 3.05) is 18.0 Å². The van der Waals surface area contributed by atoms with Crippen molar-refractivity contribution in [2.45, 2.75) is 25.8 Å². The van der Waals surface area contributed by atoms with Crippen LogP contribution in [0.15, 0.2) is 47.0 Å². The van der Waals surface area contributed by atoms with E-state index in [9.17, 15) is 9.18 Å². The van der Waals surface area contributed by atoms with Gasteiger partial charge in [-0.25, -0.2) is 9.37 Å². The predicted octanol–water partition coefficient (Wildman–Crippen LogP) is 3.89. The van der Waals surface area contributed by atoms with Gasteiger partial charge in [-0.05, 0) is 61.2 Å². The third-order valence-electron chi connectivity index (χ3n) is 4.65. The molecule has 0 radical (unpaired) electrons. The first kappa shape index (κ1) is 16.6. The van der Waals surface area contributed by atoms with Gasteiger partial charge in [0.25, 0.3) is 5.91 Å². The molecule has 1 N–H and O–H groups in total. The molecule has 0 unspecified atom stereocenters. The number of hydrogen-bond acceptors (Lipinski definition) is 4. The molecule has 0 bridgehead atoms. The summed E-state index contributed by atoms with van der Waals surface area (Å²) < 4.78 is 18.7. The Morgan fingerprint density at radius 1 is 1.15 bits per heavy atom. The number of nitrogens with zero attached hydrogens (tertiary/aromatic N) is 2. The van der Waals surface area contributed by atoms with Crippen LogP contribution in [0.1, 0.15) is 35.4 Å². The maximum absolute atomic E-state index is 13.3. The zero-order valence-corrected chi connectivity index (χ0v) is 14.4. The molecule has 1 aliphatic heterocycles. The van der Waals surface area contributed by atoms with Gasteiger partial charge < -0.3 is 14.6 Å². The first-order valence-corrected chi connectivity index (χ1v) is 8.86. The van der Waals surface area contributed by atoms with Crippen LogP contribution >= 0.6 is 0 Å². The summed E-state index contributed by atoms with van der Waals surface area (Å²) in [5.41, 5.74) is 1.48. The van der Waals surface area contributed by atoms with E-state index in [-0.39, 0.29) is 17.5 Å². The summed E-state index contributed by atoms with van der Waals surface area (Å²) in [6, 6.07) is 9.64. The third-order valence-corrected chi connectivity index (χ3v) is 4.65. The molecule has 1 amide bonds. The van der Waals surface area contributed by atoms with E-state index in [2.05, 4.69) is 15.2 Å². The molecule has 4 rings (SSSR count). The Morgan fingerprint density at radius 2 is 2.00 bits per heavy atom. The quantitative estimate of drug-likeness (QED) is 0.773. The number of nitrogens with one attached hydrogen (secondary N) is 1. The molecule has 3 heterocycles. The summed E-state index contributed by atoms with van der Waals surface area (Å²) in [6.07, 6.45) is 5.42. The second-order valence-electron chi connectivity index (χ2n) is 6.55. The van der Waals surface area contributed by atoms with Crippen molar-refractivity contribution in [3.63, 3.8) is 0 Å². The van der Waals surface area contributed by atoms with Crippen molar-refractivity contribution in [1.29, 1.82) is 0 Å². The predicted molar refractivity (Wildman–Crippen MR) is 97.6 cm³/mol. The average Bonchev–Trinajstić information content (AvgIpc) is 3.10. The molecule has 0 atom stereocenters. The molecule has 0 saturated carbocycles. The summed E-state index contributed by atoms with van der Waals surface area (Å²) in [7, 11) is 0. The van der Waals surface area contributed by atoms with Crippen molar-refractivity contribution in [2.24, 2.45) is 0 Å². The highest BCUT2D eigenvalue weighted by Gasteiger charge is 2.14. The normalized spacial score (nSPS) is 14.6. The van der Waals surface area contributed by atoms with Crippen molar-refractivity contribution >= 4 is 22.7 Å². The van der Waals surface area contributed by atoms with Gasteiger partial charge in [0, 0.05) is 31.2 Å². The van der Waals surface area contributed by atoms with E-state index in [1.54, 1.807) is 12.3 Å². The molecule has 1 aromatic carbocycles. The van der Waals surface area contributed by atoms with Crippen LogP contribution in [0.2, 0.25) is 0 Å². The van der Waals surface area contributed by atoms with Crippen molar-refractivity contribution in [3.8, 4) is 0 Å². The Kier molecular flexibility index (Phi) is 4.56. The average molecular weight is 353 g/mol. The minimum Gasteiger partial charge on any atom is -0.451 e. The molecule has 134 valence electrons. The standard InChI is InChI=1S/C20H20FN3O2/c21-16-4-5-17-15(11-16)12-18(26-17)20(25)23-13-14-6-7-22-19(10-14)24-8-2-1-3-9-24/h4-7,10-12H,1-3,8-9,13H2,(H,23,25). The molecule has 0 aliphatic carbocycles. The molecule has 6 heteroatoms. The van der Waals surface area contributed by atoms with Gasteiger partial charge in [0.1, 0.15) is 17.2 Å². The van der Waals surface area contributed by atoms with Crippen LogP contribution in [-0.4, -0.2) is 24.0 Å². The molecular weight excluding hydrogens is 333 g/mol. The molecule has 1 fully saturated rings. The lowest BCUT2D eigenvalue weighted by atomic mass is 10.1. The minimum atomic E-state index is -0.354. The van der Waals surface area contributed by atoms with Crippen LogP contribution in [-0.2, 0) is 6.54 Å². The number of furan rings is 1. The van der Waals surface area contributed by atoms with Crippen molar-refractivity contribution in [3.05, 3.63) is 59.7 Å². The van der Waals surface area contributed by atoms with Gasteiger partial charge in [0.15, 0.2) is 5.76 Å². The SMILES string of the molecule is O=C(NCc1ccnc(N2CCCCC2)c1)c1cc2cc(F)ccc2o1. The number of aromatic nitrogens is 1.